The molecule has 0 heterocycles. The van der Waals surface area contributed by atoms with E-state index < -0.39 is 0 Å². The van der Waals surface area contributed by atoms with Gasteiger partial charge in [0.2, 0.25) is 5.78 Å². The molecule has 0 bridgehead atoms. The first-order valence-corrected chi connectivity index (χ1v) is 9.78. The standard InChI is InChI=1S/C16H22BrNP/c1-4-16(19(2)3)18-11-12-8-9-14-13(10-12)6-5-7-15(14)17/h5-7,11-12,16H,2,4,8-10H2,1,3H3/q+1. The number of halogens is 1. The fraction of sp³-hybridized carbons (Fsp3) is 0.500. The first kappa shape index (κ1) is 14.9. The Hall–Kier alpha value is -0.460. The highest BCUT2D eigenvalue weighted by Gasteiger charge is 2.20. The normalized spacial score (nSPS) is 21.2. The SMILES string of the molecule is C=[P+](C)C(CC)N=CC1CCc2c(Br)cccc2C1. The number of rotatable bonds is 4. The molecular formula is C16H22BrNP+. The number of hydrogen-bond donors (Lipinski definition) is 0. The minimum Gasteiger partial charge on any atom is -0.249 e. The Morgan fingerprint density at radius 3 is 3.05 bits per heavy atom. The van der Waals surface area contributed by atoms with Gasteiger partial charge in [0.25, 0.3) is 0 Å². The summed E-state index contributed by atoms with van der Waals surface area (Å²) < 4.78 is 1.27. The van der Waals surface area contributed by atoms with Crippen LogP contribution in [0.4, 0.5) is 0 Å². The number of hydrogen-bond acceptors (Lipinski definition) is 1. The van der Waals surface area contributed by atoms with Crippen molar-refractivity contribution in [3.8, 4) is 0 Å². The minimum absolute atomic E-state index is 0.204. The summed E-state index contributed by atoms with van der Waals surface area (Å²) in [6, 6.07) is 6.54. The third-order valence-corrected chi connectivity index (χ3v) is 6.07. The van der Waals surface area contributed by atoms with E-state index in [9.17, 15) is 0 Å². The Labute approximate surface area is 126 Å². The molecule has 0 N–H and O–H groups in total. The number of fused-ring (bicyclic) bond motifs is 1. The monoisotopic (exact) mass is 338 g/mol. The Kier molecular flexibility index (Phi) is 5.36. The highest BCUT2D eigenvalue weighted by Crippen LogP contribution is 2.31. The van der Waals surface area contributed by atoms with Crippen molar-refractivity contribution in [3.05, 3.63) is 33.8 Å². The van der Waals surface area contributed by atoms with Crippen LogP contribution in [0.5, 0.6) is 0 Å². The predicted molar refractivity (Wildman–Crippen MR) is 92.2 cm³/mol. The summed E-state index contributed by atoms with van der Waals surface area (Å²) in [6.07, 6.45) is 11.0. The molecule has 1 aliphatic rings. The molecular weight excluding hydrogens is 317 g/mol. The second kappa shape index (κ2) is 6.81. The van der Waals surface area contributed by atoms with Gasteiger partial charge in [0.15, 0.2) is 0 Å². The third kappa shape index (κ3) is 3.77. The highest BCUT2D eigenvalue weighted by molar-refractivity contribution is 9.10. The van der Waals surface area contributed by atoms with Crippen molar-refractivity contribution in [3.63, 3.8) is 0 Å². The maximum atomic E-state index is 4.79. The lowest BCUT2D eigenvalue weighted by atomic mass is 9.84. The van der Waals surface area contributed by atoms with Crippen molar-refractivity contribution in [2.75, 3.05) is 6.66 Å². The molecule has 3 atom stereocenters. The van der Waals surface area contributed by atoms with Crippen molar-refractivity contribution < 1.29 is 0 Å². The van der Waals surface area contributed by atoms with Crippen LogP contribution in [0, 0.1) is 5.92 Å². The van der Waals surface area contributed by atoms with Crippen LogP contribution >= 0.6 is 23.5 Å². The lowest BCUT2D eigenvalue weighted by Gasteiger charge is -2.22. The summed E-state index contributed by atoms with van der Waals surface area (Å²) in [6.45, 7) is 4.42. The smallest absolute Gasteiger partial charge is 0.203 e. The van der Waals surface area contributed by atoms with Crippen molar-refractivity contribution >= 4 is 36.0 Å². The second-order valence-electron chi connectivity index (χ2n) is 5.32. The van der Waals surface area contributed by atoms with Crippen LogP contribution in [-0.4, -0.2) is 25.0 Å². The Bertz CT molecular complexity index is 496. The molecule has 0 saturated carbocycles. The maximum Gasteiger partial charge on any atom is 0.203 e. The van der Waals surface area contributed by atoms with Gasteiger partial charge in [0.05, 0.1) is 13.0 Å². The molecule has 1 nitrogen and oxygen atoms in total. The molecule has 0 fully saturated rings. The van der Waals surface area contributed by atoms with E-state index in [1.54, 1.807) is 0 Å². The van der Waals surface area contributed by atoms with E-state index in [-0.39, 0.29) is 7.55 Å². The first-order chi connectivity index (χ1) is 9.11. The molecule has 0 aromatic heterocycles. The van der Waals surface area contributed by atoms with Gasteiger partial charge in [-0.05, 0) is 42.4 Å². The average molecular weight is 339 g/mol. The van der Waals surface area contributed by atoms with E-state index in [4.69, 9.17) is 4.99 Å². The van der Waals surface area contributed by atoms with Crippen LogP contribution in [0.2, 0.25) is 0 Å². The van der Waals surface area contributed by atoms with Gasteiger partial charge in [-0.3, -0.25) is 0 Å². The molecule has 0 saturated heterocycles. The fourth-order valence-corrected chi connectivity index (χ4v) is 4.20. The molecule has 2 rings (SSSR count). The molecule has 3 unspecified atom stereocenters. The van der Waals surface area contributed by atoms with Gasteiger partial charge in [0, 0.05) is 17.1 Å². The number of benzene rings is 1. The van der Waals surface area contributed by atoms with Gasteiger partial charge < -0.3 is 0 Å². The molecule has 0 spiro atoms. The summed E-state index contributed by atoms with van der Waals surface area (Å²) in [5, 5.41) is 0. The topological polar surface area (TPSA) is 12.4 Å². The molecule has 3 heteroatoms. The zero-order chi connectivity index (χ0) is 13.8. The molecule has 0 aliphatic heterocycles. The molecule has 102 valence electrons. The van der Waals surface area contributed by atoms with E-state index in [1.807, 2.05) is 0 Å². The van der Waals surface area contributed by atoms with Gasteiger partial charge in [-0.1, -0.05) is 35.0 Å². The summed E-state index contributed by atoms with van der Waals surface area (Å²) >= 11 is 3.66. The van der Waals surface area contributed by atoms with E-state index in [0.29, 0.717) is 11.7 Å². The van der Waals surface area contributed by atoms with Crippen LogP contribution < -0.4 is 0 Å². The van der Waals surface area contributed by atoms with Gasteiger partial charge >= 0.3 is 0 Å². The zero-order valence-corrected chi connectivity index (χ0v) is 14.3. The summed E-state index contributed by atoms with van der Waals surface area (Å²) in [5.41, 5.74) is 2.98. The summed E-state index contributed by atoms with van der Waals surface area (Å²) in [7, 11) is -0.204. The second-order valence-corrected chi connectivity index (χ2v) is 8.29. The average Bonchev–Trinajstić information content (AvgIpc) is 2.39. The lowest BCUT2D eigenvalue weighted by molar-refractivity contribution is 0.588. The van der Waals surface area contributed by atoms with Gasteiger partial charge in [-0.25, -0.2) is 4.99 Å². The van der Waals surface area contributed by atoms with Gasteiger partial charge in [0.1, 0.15) is 7.55 Å². The summed E-state index contributed by atoms with van der Waals surface area (Å²) in [5.74, 6) is 1.05. The minimum atomic E-state index is -0.204. The zero-order valence-electron chi connectivity index (χ0n) is 11.8. The van der Waals surface area contributed by atoms with E-state index >= 15 is 0 Å². The molecule has 1 aliphatic carbocycles. The molecule has 1 aromatic rings. The molecule has 0 amide bonds. The van der Waals surface area contributed by atoms with Crippen LogP contribution in [0.3, 0.4) is 0 Å². The van der Waals surface area contributed by atoms with Crippen LogP contribution in [0.25, 0.3) is 0 Å². The third-order valence-electron chi connectivity index (χ3n) is 3.81. The summed E-state index contributed by atoms with van der Waals surface area (Å²) in [4.78, 5) is 4.79. The predicted octanol–water partition coefficient (Wildman–Crippen LogP) is 4.90. The Balaban J connectivity index is 2.06. The van der Waals surface area contributed by atoms with Crippen LogP contribution in [-0.2, 0) is 12.8 Å². The van der Waals surface area contributed by atoms with Crippen LogP contribution in [0.1, 0.15) is 30.9 Å². The molecule has 0 radical (unpaired) electrons. The van der Waals surface area contributed by atoms with Crippen molar-refractivity contribution in [1.82, 2.24) is 0 Å². The van der Waals surface area contributed by atoms with Crippen molar-refractivity contribution in [2.24, 2.45) is 10.9 Å². The van der Waals surface area contributed by atoms with E-state index in [0.717, 1.165) is 19.3 Å². The maximum absolute atomic E-state index is 4.79. The molecule has 1 aromatic carbocycles. The van der Waals surface area contributed by atoms with Gasteiger partial charge in [-0.2, -0.15) is 0 Å². The lowest BCUT2D eigenvalue weighted by Crippen LogP contribution is -2.16. The fourth-order valence-electron chi connectivity index (χ4n) is 2.67. The number of aliphatic imine (C=N–C) groups is 1. The number of nitrogens with zero attached hydrogens (tertiary/aromatic N) is 1. The van der Waals surface area contributed by atoms with Crippen molar-refractivity contribution in [1.29, 1.82) is 0 Å². The molecule has 19 heavy (non-hydrogen) atoms. The largest absolute Gasteiger partial charge is 0.249 e. The van der Waals surface area contributed by atoms with Gasteiger partial charge in [-0.15, -0.1) is 0 Å². The van der Waals surface area contributed by atoms with Crippen molar-refractivity contribution in [2.45, 2.75) is 38.4 Å². The van der Waals surface area contributed by atoms with Crippen LogP contribution in [0.15, 0.2) is 27.7 Å². The van der Waals surface area contributed by atoms with E-state index in [2.05, 4.69) is 60.2 Å². The Morgan fingerprint density at radius 2 is 2.37 bits per heavy atom. The highest BCUT2D eigenvalue weighted by atomic mass is 79.9. The quantitative estimate of drug-likeness (QED) is 0.546. The first-order valence-electron chi connectivity index (χ1n) is 6.94. The van der Waals surface area contributed by atoms with E-state index in [1.165, 1.54) is 22.0 Å². The Morgan fingerprint density at radius 1 is 1.58 bits per heavy atom.